The van der Waals surface area contributed by atoms with Gasteiger partial charge in [-0.15, -0.1) is 11.3 Å². The second-order valence-corrected chi connectivity index (χ2v) is 13.2. The zero-order valence-corrected chi connectivity index (χ0v) is 24.5. The first-order valence-electron chi connectivity index (χ1n) is 13.5. The molecule has 1 saturated heterocycles. The Morgan fingerprint density at radius 1 is 0.976 bits per heavy atom. The van der Waals surface area contributed by atoms with Gasteiger partial charge in [-0.05, 0) is 66.5 Å². The van der Waals surface area contributed by atoms with Crippen molar-refractivity contribution in [1.29, 1.82) is 0 Å². The molecule has 1 amide bonds. The Morgan fingerprint density at radius 2 is 1.74 bits per heavy atom. The van der Waals surface area contributed by atoms with Crippen LogP contribution in [-0.2, 0) is 14.8 Å². The maximum atomic E-state index is 13.3. The Morgan fingerprint density at radius 3 is 2.48 bits per heavy atom. The first-order valence-corrected chi connectivity index (χ1v) is 15.9. The monoisotopic (exact) mass is 599 g/mol. The Balaban J connectivity index is 1.15. The molecule has 0 saturated carbocycles. The van der Waals surface area contributed by atoms with Crippen molar-refractivity contribution < 1.29 is 18.0 Å². The molecule has 0 bridgehead atoms. The molecule has 4 aromatic rings. The molecule has 214 valence electrons. The highest BCUT2D eigenvalue weighted by molar-refractivity contribution is 7.94. The van der Waals surface area contributed by atoms with Crippen LogP contribution in [0, 0.1) is 0 Å². The number of carbonyl (C=O) groups is 2. The van der Waals surface area contributed by atoms with Crippen LogP contribution < -0.4 is 14.9 Å². The number of likely N-dealkylation sites (N-methyl/N-ethyl adjacent to an activating group) is 1. The fourth-order valence-corrected chi connectivity index (χ4v) is 7.11. The number of ketones is 1. The van der Waals surface area contributed by atoms with Gasteiger partial charge >= 0.3 is 0 Å². The Hall–Kier alpha value is -4.32. The Bertz CT molecular complexity index is 1760. The van der Waals surface area contributed by atoms with E-state index in [0.717, 1.165) is 54.5 Å². The summed E-state index contributed by atoms with van der Waals surface area (Å²) < 4.78 is 27.9. The van der Waals surface area contributed by atoms with Crippen molar-refractivity contribution in [3.63, 3.8) is 0 Å². The first-order chi connectivity index (χ1) is 20.3. The number of rotatable bonds is 8. The quantitative estimate of drug-likeness (QED) is 0.219. The zero-order valence-electron chi connectivity index (χ0n) is 22.9. The van der Waals surface area contributed by atoms with Gasteiger partial charge in [0.05, 0.1) is 5.69 Å². The highest BCUT2D eigenvalue weighted by Gasteiger charge is 2.30. The number of benzene rings is 3. The molecule has 3 heterocycles. The van der Waals surface area contributed by atoms with Crippen LogP contribution in [0.1, 0.15) is 27.4 Å². The van der Waals surface area contributed by atoms with E-state index in [0.29, 0.717) is 16.8 Å². The number of aliphatic imine (C=N–C) groups is 1. The first kappa shape index (κ1) is 27.8. The maximum absolute atomic E-state index is 13.3. The minimum atomic E-state index is -3.74. The predicted molar refractivity (Wildman–Crippen MR) is 167 cm³/mol. The molecule has 0 spiro atoms. The van der Waals surface area contributed by atoms with Crippen molar-refractivity contribution >= 4 is 62.0 Å². The molecule has 6 rings (SSSR count). The molecule has 0 radical (unpaired) electrons. The van der Waals surface area contributed by atoms with E-state index in [1.165, 1.54) is 12.1 Å². The summed E-state index contributed by atoms with van der Waals surface area (Å²) in [5.74, 6) is -1.07. The molecule has 9 nitrogen and oxygen atoms in total. The fraction of sp³-hybridized carbons (Fsp3) is 0.194. The average molecular weight is 600 g/mol. The molecule has 1 fully saturated rings. The van der Waals surface area contributed by atoms with Crippen LogP contribution in [0.25, 0.3) is 0 Å². The lowest BCUT2D eigenvalue weighted by molar-refractivity contribution is -0.115. The zero-order chi connectivity index (χ0) is 29.3. The number of sulfonamides is 1. The molecule has 2 aliphatic heterocycles. The predicted octanol–water partition coefficient (Wildman–Crippen LogP) is 4.97. The standard InChI is InChI=1S/C31H29N5O4S2/c1-35-13-15-36(16-14-35)25-10-8-23(9-11-25)32-20-27-26-12-7-22(19-28(26)33-31(27)38)30(37)21-4-2-5-24(18-21)34-42(39,40)29-6-3-17-41-29/h2-12,17-20,27,34H,13-16H2,1H3,(H,33,38). The molecule has 42 heavy (non-hydrogen) atoms. The van der Waals surface area contributed by atoms with Crippen molar-refractivity contribution in [3.05, 3.63) is 101 Å². The van der Waals surface area contributed by atoms with E-state index in [2.05, 4.69) is 44.0 Å². The van der Waals surface area contributed by atoms with Gasteiger partial charge in [0.1, 0.15) is 10.1 Å². The molecule has 2 aliphatic rings. The molecule has 1 unspecified atom stereocenters. The van der Waals surface area contributed by atoms with E-state index in [9.17, 15) is 18.0 Å². The van der Waals surface area contributed by atoms with Gasteiger partial charge in [-0.1, -0.05) is 30.3 Å². The summed E-state index contributed by atoms with van der Waals surface area (Å²) in [6.45, 7) is 4.05. The Labute approximate surface area is 248 Å². The van der Waals surface area contributed by atoms with Gasteiger partial charge in [0, 0.05) is 60.6 Å². The molecule has 1 atom stereocenters. The third-order valence-corrected chi connectivity index (χ3v) is 10.2. The second-order valence-electron chi connectivity index (χ2n) is 10.3. The van der Waals surface area contributed by atoms with Crippen LogP contribution >= 0.6 is 11.3 Å². The molecule has 0 aliphatic carbocycles. The summed E-state index contributed by atoms with van der Waals surface area (Å²) in [6, 6.07) is 22.6. The largest absolute Gasteiger partial charge is 0.369 e. The highest BCUT2D eigenvalue weighted by Crippen LogP contribution is 2.34. The van der Waals surface area contributed by atoms with Crippen molar-refractivity contribution in [3.8, 4) is 0 Å². The van der Waals surface area contributed by atoms with Gasteiger partial charge in [-0.2, -0.15) is 0 Å². The van der Waals surface area contributed by atoms with E-state index in [-0.39, 0.29) is 21.6 Å². The molecule has 2 N–H and O–H groups in total. The topological polar surface area (TPSA) is 111 Å². The SMILES string of the molecule is CN1CCN(c2ccc(N=CC3C(=O)Nc4cc(C(=O)c5cccc(NS(=O)(=O)c6cccs6)c5)ccc43)cc2)CC1. The molecule has 3 aromatic carbocycles. The van der Waals surface area contributed by atoms with Gasteiger partial charge < -0.3 is 15.1 Å². The van der Waals surface area contributed by atoms with E-state index in [1.54, 1.807) is 54.1 Å². The molecule has 1 aromatic heterocycles. The summed E-state index contributed by atoms with van der Waals surface area (Å²) in [5, 5.41) is 4.55. The van der Waals surface area contributed by atoms with E-state index >= 15 is 0 Å². The summed E-state index contributed by atoms with van der Waals surface area (Å²) in [4.78, 5) is 35.3. The van der Waals surface area contributed by atoms with Crippen molar-refractivity contribution in [2.24, 2.45) is 4.99 Å². The lowest BCUT2D eigenvalue weighted by Crippen LogP contribution is -2.44. The number of carbonyl (C=O) groups excluding carboxylic acids is 2. The Kier molecular flexibility index (Phi) is 7.63. The van der Waals surface area contributed by atoms with Gasteiger partial charge in [-0.3, -0.25) is 19.3 Å². The maximum Gasteiger partial charge on any atom is 0.271 e. The van der Waals surface area contributed by atoms with Crippen LogP contribution in [0.5, 0.6) is 0 Å². The van der Waals surface area contributed by atoms with Gasteiger partial charge in [0.25, 0.3) is 10.0 Å². The smallest absolute Gasteiger partial charge is 0.271 e. The number of hydrogen-bond acceptors (Lipinski definition) is 8. The fourth-order valence-electron chi connectivity index (χ4n) is 5.06. The molecular weight excluding hydrogens is 571 g/mol. The van der Waals surface area contributed by atoms with Crippen molar-refractivity contribution in [1.82, 2.24) is 4.90 Å². The van der Waals surface area contributed by atoms with E-state index < -0.39 is 15.9 Å². The number of amides is 1. The van der Waals surface area contributed by atoms with Crippen LogP contribution in [-0.4, -0.2) is 64.4 Å². The summed E-state index contributed by atoms with van der Waals surface area (Å²) in [7, 11) is -1.61. The summed E-state index contributed by atoms with van der Waals surface area (Å²) in [6.07, 6.45) is 1.64. The van der Waals surface area contributed by atoms with E-state index in [1.807, 2.05) is 12.1 Å². The lowest BCUT2D eigenvalue weighted by atomic mass is 9.97. The van der Waals surface area contributed by atoms with Crippen LogP contribution in [0.2, 0.25) is 0 Å². The number of fused-ring (bicyclic) bond motifs is 1. The number of thiophene rings is 1. The third kappa shape index (κ3) is 5.85. The minimum absolute atomic E-state index is 0.189. The normalized spacial score (nSPS) is 17.3. The van der Waals surface area contributed by atoms with Crippen LogP contribution in [0.3, 0.4) is 0 Å². The van der Waals surface area contributed by atoms with E-state index in [4.69, 9.17) is 0 Å². The molecular formula is C31H29N5O4S2. The van der Waals surface area contributed by atoms with Gasteiger partial charge in [0.2, 0.25) is 5.91 Å². The minimum Gasteiger partial charge on any atom is -0.369 e. The van der Waals surface area contributed by atoms with Crippen molar-refractivity contribution in [2.45, 2.75) is 10.1 Å². The average Bonchev–Trinajstić information content (AvgIpc) is 3.65. The summed E-state index contributed by atoms with van der Waals surface area (Å²) in [5.41, 5.74) is 4.21. The van der Waals surface area contributed by atoms with Crippen LogP contribution in [0.4, 0.5) is 22.7 Å². The third-order valence-electron chi connectivity index (χ3n) is 7.42. The number of nitrogens with zero attached hydrogens (tertiary/aromatic N) is 3. The second kappa shape index (κ2) is 11.5. The number of hydrogen-bond donors (Lipinski definition) is 2. The number of nitrogens with one attached hydrogen (secondary N) is 2. The number of piperazine rings is 1. The van der Waals surface area contributed by atoms with Crippen LogP contribution in [0.15, 0.2) is 93.4 Å². The van der Waals surface area contributed by atoms with Gasteiger partial charge in [-0.25, -0.2) is 8.42 Å². The summed E-state index contributed by atoms with van der Waals surface area (Å²) >= 11 is 1.11. The number of anilines is 3. The highest BCUT2D eigenvalue weighted by atomic mass is 32.2. The lowest BCUT2D eigenvalue weighted by Gasteiger charge is -2.34. The van der Waals surface area contributed by atoms with Crippen molar-refractivity contribution in [2.75, 3.05) is 48.2 Å². The molecule has 11 heteroatoms. The van der Waals surface area contributed by atoms with Gasteiger partial charge in [0.15, 0.2) is 5.78 Å².